The number of fused-ring (bicyclic) bond motifs is 2. The largest absolute Gasteiger partial charge is 0.497 e. The van der Waals surface area contributed by atoms with Gasteiger partial charge in [-0.25, -0.2) is 37.9 Å². The predicted octanol–water partition coefficient (Wildman–Crippen LogP) is 3.62. The second-order valence-electron chi connectivity index (χ2n) is 13.4. The van der Waals surface area contributed by atoms with E-state index in [0.29, 0.717) is 49.7 Å². The summed E-state index contributed by atoms with van der Waals surface area (Å²) in [6.45, 7) is 1.60. The number of aromatic amines is 1. The molecule has 0 saturated heterocycles. The highest BCUT2D eigenvalue weighted by molar-refractivity contribution is 6.30. The molecule has 0 spiro atoms. The van der Waals surface area contributed by atoms with Crippen LogP contribution in [0.15, 0.2) is 102 Å². The van der Waals surface area contributed by atoms with Gasteiger partial charge in [-0.3, -0.25) is 28.5 Å². The number of nitrogens with one attached hydrogen (secondary N) is 1. The van der Waals surface area contributed by atoms with Gasteiger partial charge in [0.05, 0.1) is 38.5 Å². The molecule has 0 bridgehead atoms. The Morgan fingerprint density at radius 1 is 0.917 bits per heavy atom. The zero-order valence-electron chi connectivity index (χ0n) is 32.3. The van der Waals surface area contributed by atoms with E-state index in [1.807, 2.05) is 0 Å². The number of benzene rings is 3. The molecule has 0 amide bonds. The lowest BCUT2D eigenvalue weighted by Gasteiger charge is -2.28. The summed E-state index contributed by atoms with van der Waals surface area (Å²) < 4.78 is 39.6. The number of methoxy groups -OCH3 is 1. The van der Waals surface area contributed by atoms with Gasteiger partial charge in [0.2, 0.25) is 0 Å². The van der Waals surface area contributed by atoms with Gasteiger partial charge in [-0.1, -0.05) is 17.7 Å². The summed E-state index contributed by atoms with van der Waals surface area (Å²) in [4.78, 5) is 60.4. The molecule has 60 heavy (non-hydrogen) atoms. The van der Waals surface area contributed by atoms with E-state index in [1.54, 1.807) is 75.2 Å². The van der Waals surface area contributed by atoms with Crippen LogP contribution in [-0.4, -0.2) is 82.4 Å². The molecule has 5 aromatic heterocycles. The average Bonchev–Trinajstić information content (AvgIpc) is 4.03. The highest BCUT2D eigenvalue weighted by Crippen LogP contribution is 2.31. The Hall–Kier alpha value is -7.32. The fraction of sp³-hybridized carbons (Fsp3) is 0.205. The third kappa shape index (κ3) is 9.03. The Balaban J connectivity index is 0.000000158. The van der Waals surface area contributed by atoms with E-state index in [4.69, 9.17) is 16.3 Å². The molecular weight excluding hydrogens is 808 g/mol. The summed E-state index contributed by atoms with van der Waals surface area (Å²) in [7, 11) is 4.81. The SMILES string of the molecule is COc1ccc2c(c1)c(CC(=O)O)c(C)n2C(=O)c1ccc(Cl)cc1.Cn1cnc2c1c(=O)[nH]c(=O)n2C.OC(Cn1cncn1)(Cn1cncn1)c1ccc(F)cc1F. The molecule has 5 heterocycles. The van der Waals surface area contributed by atoms with Gasteiger partial charge in [0.25, 0.3) is 11.5 Å². The molecule has 18 nitrogen and oxygen atoms in total. The van der Waals surface area contributed by atoms with Crippen molar-refractivity contribution in [3.05, 3.63) is 152 Å². The molecule has 0 aliphatic carbocycles. The van der Waals surface area contributed by atoms with Gasteiger partial charge >= 0.3 is 11.7 Å². The Morgan fingerprint density at radius 3 is 2.13 bits per heavy atom. The second-order valence-corrected chi connectivity index (χ2v) is 13.8. The van der Waals surface area contributed by atoms with Crippen LogP contribution < -0.4 is 16.0 Å². The lowest BCUT2D eigenvalue weighted by Crippen LogP contribution is -2.37. The van der Waals surface area contributed by atoms with E-state index in [-0.39, 0.29) is 31.0 Å². The summed E-state index contributed by atoms with van der Waals surface area (Å²) in [5.74, 6) is -2.15. The molecule has 0 atom stereocenters. The van der Waals surface area contributed by atoms with Crippen LogP contribution in [-0.2, 0) is 44.0 Å². The number of carboxylic acid groups (broad SMARTS) is 1. The molecular formula is C39H36ClF2N11O7. The molecule has 8 aromatic rings. The van der Waals surface area contributed by atoms with E-state index in [1.165, 1.54) is 56.2 Å². The Kier molecular flexibility index (Phi) is 12.5. The van der Waals surface area contributed by atoms with Crippen LogP contribution >= 0.6 is 11.6 Å². The lowest BCUT2D eigenvalue weighted by atomic mass is 9.93. The summed E-state index contributed by atoms with van der Waals surface area (Å²) in [5.41, 5.74) is 0.526. The van der Waals surface area contributed by atoms with Gasteiger partial charge in [-0.05, 0) is 61.0 Å². The molecule has 3 aromatic carbocycles. The van der Waals surface area contributed by atoms with Crippen molar-refractivity contribution in [3.63, 3.8) is 0 Å². The normalized spacial score (nSPS) is 11.2. The smallest absolute Gasteiger partial charge is 0.329 e. The van der Waals surface area contributed by atoms with Crippen LogP contribution in [0.4, 0.5) is 8.78 Å². The predicted molar refractivity (Wildman–Crippen MR) is 213 cm³/mol. The number of ether oxygens (including phenoxy) is 1. The number of hydrogen-bond donors (Lipinski definition) is 3. The Morgan fingerprint density at radius 2 is 1.57 bits per heavy atom. The van der Waals surface area contributed by atoms with Gasteiger partial charge in [-0.2, -0.15) is 10.2 Å². The fourth-order valence-corrected chi connectivity index (χ4v) is 6.59. The number of halogens is 3. The first-order chi connectivity index (χ1) is 28.6. The number of rotatable bonds is 9. The van der Waals surface area contributed by atoms with Crippen molar-refractivity contribution in [1.29, 1.82) is 0 Å². The van der Waals surface area contributed by atoms with Gasteiger partial charge in [0.15, 0.2) is 11.2 Å². The van der Waals surface area contributed by atoms with Crippen molar-refractivity contribution >= 4 is 45.5 Å². The number of aliphatic hydroxyl groups is 1. The number of aromatic nitrogens is 11. The molecule has 0 radical (unpaired) electrons. The minimum absolute atomic E-state index is 0.0556. The highest BCUT2D eigenvalue weighted by Gasteiger charge is 2.34. The van der Waals surface area contributed by atoms with Crippen LogP contribution in [0.25, 0.3) is 22.1 Å². The van der Waals surface area contributed by atoms with E-state index >= 15 is 0 Å². The Bertz CT molecular complexity index is 2890. The van der Waals surface area contributed by atoms with E-state index in [2.05, 4.69) is 30.1 Å². The standard InChI is InChI=1S/C19H16ClNO4.C13H12F2N6O.C7H8N4O2/c1-11-15(10-18(22)23)16-9-14(25-2)7-8-17(16)21(11)19(24)12-3-5-13(20)6-4-12;14-10-1-2-11(12(15)3-10)13(22,4-20-8-16-6-18-20)5-21-9-17-7-19-21;1-10-3-8-5-4(10)6(12)9-7(13)11(5)2/h3-9H,10H2,1-2H3,(H,22,23);1-3,6-9,22H,4-5H2;3H,1-2H3,(H,9,12,13). The second kappa shape index (κ2) is 17.7. The lowest BCUT2D eigenvalue weighted by molar-refractivity contribution is -0.136. The molecule has 0 saturated carbocycles. The fourth-order valence-electron chi connectivity index (χ4n) is 6.46. The maximum Gasteiger partial charge on any atom is 0.329 e. The first-order valence-corrected chi connectivity index (χ1v) is 18.1. The maximum atomic E-state index is 14.1. The van der Waals surface area contributed by atoms with Gasteiger partial charge in [0.1, 0.15) is 48.3 Å². The molecule has 0 unspecified atom stereocenters. The maximum absolute atomic E-state index is 14.1. The van der Waals surface area contributed by atoms with Crippen LogP contribution in [0.1, 0.15) is 27.2 Å². The van der Waals surface area contributed by atoms with E-state index in [0.717, 1.165) is 12.1 Å². The third-order valence-electron chi connectivity index (χ3n) is 9.35. The molecule has 310 valence electrons. The molecule has 0 fully saturated rings. The van der Waals surface area contributed by atoms with Crippen LogP contribution in [0.3, 0.4) is 0 Å². The first-order valence-electron chi connectivity index (χ1n) is 17.7. The number of hydrogen-bond acceptors (Lipinski definition) is 11. The molecule has 8 rings (SSSR count). The summed E-state index contributed by atoms with van der Waals surface area (Å²) >= 11 is 5.89. The van der Waals surface area contributed by atoms with Crippen molar-refractivity contribution in [2.45, 2.75) is 32.0 Å². The van der Waals surface area contributed by atoms with Gasteiger partial charge in [0, 0.05) is 47.4 Å². The van der Waals surface area contributed by atoms with Gasteiger partial charge < -0.3 is 19.5 Å². The zero-order chi connectivity index (χ0) is 43.3. The van der Waals surface area contributed by atoms with Crippen molar-refractivity contribution < 1.29 is 33.3 Å². The highest BCUT2D eigenvalue weighted by atomic mass is 35.5. The number of imidazole rings is 1. The number of nitrogens with zero attached hydrogens (tertiary/aromatic N) is 10. The van der Waals surface area contributed by atoms with Crippen molar-refractivity contribution in [2.75, 3.05) is 7.11 Å². The third-order valence-corrected chi connectivity index (χ3v) is 9.60. The monoisotopic (exact) mass is 843 g/mol. The van der Waals surface area contributed by atoms with Gasteiger partial charge in [-0.15, -0.1) is 0 Å². The summed E-state index contributed by atoms with van der Waals surface area (Å²) in [6, 6.07) is 14.9. The Labute approximate surface area is 342 Å². The number of carbonyl (C=O) groups is 2. The minimum Gasteiger partial charge on any atom is -0.497 e. The van der Waals surface area contributed by atoms with Crippen LogP contribution in [0.2, 0.25) is 5.02 Å². The number of carbonyl (C=O) groups excluding carboxylic acids is 1. The number of carboxylic acids is 1. The van der Waals surface area contributed by atoms with E-state index in [9.17, 15) is 38.2 Å². The number of aliphatic carboxylic acids is 1. The van der Waals surface area contributed by atoms with Crippen molar-refractivity contribution in [3.8, 4) is 5.75 Å². The average molecular weight is 844 g/mol. The minimum atomic E-state index is -1.70. The summed E-state index contributed by atoms with van der Waals surface area (Å²) in [5, 5.41) is 29.2. The van der Waals surface area contributed by atoms with Crippen molar-refractivity contribution in [1.82, 2.24) is 53.2 Å². The number of aryl methyl sites for hydroxylation is 2. The zero-order valence-corrected chi connectivity index (χ0v) is 33.1. The molecule has 0 aliphatic rings. The quantitative estimate of drug-likeness (QED) is 0.190. The topological polar surface area (TPSA) is 223 Å². The van der Waals surface area contributed by atoms with Crippen LogP contribution in [0.5, 0.6) is 5.75 Å². The molecule has 3 N–H and O–H groups in total. The van der Waals surface area contributed by atoms with Crippen LogP contribution in [0, 0.1) is 18.6 Å². The molecule has 0 aliphatic heterocycles. The first kappa shape index (κ1) is 42.3. The molecule has 21 heteroatoms. The van der Waals surface area contributed by atoms with E-state index < -0.39 is 34.5 Å². The summed E-state index contributed by atoms with van der Waals surface area (Å²) in [6.07, 6.45) is 6.73. The van der Waals surface area contributed by atoms with Crippen molar-refractivity contribution in [2.24, 2.45) is 14.1 Å². The number of H-pyrrole nitrogens is 1.